The maximum Gasteiger partial charge on any atom is 0.236 e. The Labute approximate surface area is 116 Å². The lowest BCUT2D eigenvalue weighted by Gasteiger charge is -2.38. The molecule has 1 aliphatic heterocycles. The van der Waals surface area contributed by atoms with Gasteiger partial charge in [-0.3, -0.25) is 10.1 Å². The van der Waals surface area contributed by atoms with Gasteiger partial charge in [-0.05, 0) is 32.1 Å². The van der Waals surface area contributed by atoms with E-state index in [0.717, 1.165) is 19.3 Å². The minimum atomic E-state index is -0.368. The molecule has 0 bridgehead atoms. The monoisotopic (exact) mass is 272 g/mol. The zero-order valence-corrected chi connectivity index (χ0v) is 12.4. The number of rotatable bonds is 7. The molecule has 0 aliphatic carbocycles. The van der Waals surface area contributed by atoms with E-state index >= 15 is 0 Å². The fraction of sp³-hybridized carbons (Fsp3) is 0.929. The molecule has 1 fully saturated rings. The van der Waals surface area contributed by atoms with E-state index in [0.29, 0.717) is 25.7 Å². The summed E-state index contributed by atoms with van der Waals surface area (Å²) in [5, 5.41) is 15.8. The highest BCUT2D eigenvalue weighted by molar-refractivity contribution is 5.81. The standard InChI is InChI=1S/C14H28N2O3/c1-11(2)4-7-15-13(18)12(3)16-14(10-17)5-8-19-9-6-14/h11-12,16-17H,4-10H2,1-3H3,(H,15,18). The molecule has 1 unspecified atom stereocenters. The van der Waals surface area contributed by atoms with Crippen LogP contribution in [0.5, 0.6) is 0 Å². The summed E-state index contributed by atoms with van der Waals surface area (Å²) >= 11 is 0. The Bertz CT molecular complexity index is 276. The Balaban J connectivity index is 2.38. The predicted molar refractivity (Wildman–Crippen MR) is 74.9 cm³/mol. The molecule has 19 heavy (non-hydrogen) atoms. The van der Waals surface area contributed by atoms with E-state index in [-0.39, 0.29) is 24.1 Å². The minimum Gasteiger partial charge on any atom is -0.394 e. The molecule has 5 heteroatoms. The van der Waals surface area contributed by atoms with Crippen LogP contribution in [0.2, 0.25) is 0 Å². The van der Waals surface area contributed by atoms with Gasteiger partial charge in [0.15, 0.2) is 0 Å². The van der Waals surface area contributed by atoms with Crippen molar-refractivity contribution in [3.8, 4) is 0 Å². The summed E-state index contributed by atoms with van der Waals surface area (Å²) in [5.41, 5.74) is -0.368. The number of aliphatic hydroxyl groups is 1. The van der Waals surface area contributed by atoms with Gasteiger partial charge in [-0.1, -0.05) is 13.8 Å². The fourth-order valence-electron chi connectivity index (χ4n) is 2.27. The second-order valence-electron chi connectivity index (χ2n) is 5.89. The van der Waals surface area contributed by atoms with Crippen LogP contribution in [0.15, 0.2) is 0 Å². The molecule has 0 aromatic rings. The molecule has 112 valence electrons. The number of carbonyl (C=O) groups is 1. The number of hydrogen-bond donors (Lipinski definition) is 3. The third-order valence-corrected chi connectivity index (χ3v) is 3.69. The molecule has 1 atom stereocenters. The maximum absolute atomic E-state index is 12.0. The molecule has 0 aromatic carbocycles. The molecule has 0 spiro atoms. The molecule has 1 amide bonds. The van der Waals surface area contributed by atoms with Gasteiger partial charge in [0.2, 0.25) is 5.91 Å². The van der Waals surface area contributed by atoms with Crippen molar-refractivity contribution in [3.05, 3.63) is 0 Å². The Morgan fingerprint density at radius 2 is 1.95 bits per heavy atom. The molecular weight excluding hydrogens is 244 g/mol. The number of carbonyl (C=O) groups excluding carboxylic acids is 1. The number of nitrogens with one attached hydrogen (secondary N) is 2. The Morgan fingerprint density at radius 3 is 2.47 bits per heavy atom. The molecule has 0 saturated carbocycles. The number of ether oxygens (including phenoxy) is 1. The molecule has 0 aromatic heterocycles. The molecule has 3 N–H and O–H groups in total. The third kappa shape index (κ3) is 5.47. The summed E-state index contributed by atoms with van der Waals surface area (Å²) in [7, 11) is 0. The average molecular weight is 272 g/mol. The van der Waals surface area contributed by atoms with E-state index in [1.54, 1.807) is 0 Å². The number of amides is 1. The lowest BCUT2D eigenvalue weighted by Crippen LogP contribution is -2.58. The quantitative estimate of drug-likeness (QED) is 0.637. The van der Waals surface area contributed by atoms with Gasteiger partial charge in [0.25, 0.3) is 0 Å². The Hall–Kier alpha value is -0.650. The molecule has 0 radical (unpaired) electrons. The Morgan fingerprint density at radius 1 is 1.32 bits per heavy atom. The minimum absolute atomic E-state index is 0.0000307. The Kier molecular flexibility index (Phi) is 6.75. The number of aliphatic hydroxyl groups excluding tert-OH is 1. The average Bonchev–Trinajstić information content (AvgIpc) is 2.39. The van der Waals surface area contributed by atoms with Crippen molar-refractivity contribution in [2.24, 2.45) is 5.92 Å². The molecular formula is C14H28N2O3. The first-order chi connectivity index (χ1) is 8.99. The molecule has 5 nitrogen and oxygen atoms in total. The summed E-state index contributed by atoms with van der Waals surface area (Å²) in [5.74, 6) is 0.586. The van der Waals surface area contributed by atoms with Crippen LogP contribution in [0.4, 0.5) is 0 Å². The van der Waals surface area contributed by atoms with Crippen LogP contribution in [-0.2, 0) is 9.53 Å². The summed E-state index contributed by atoms with van der Waals surface area (Å²) in [6, 6.07) is -0.294. The van der Waals surface area contributed by atoms with Crippen LogP contribution >= 0.6 is 0 Å². The molecule has 1 saturated heterocycles. The van der Waals surface area contributed by atoms with Crippen LogP contribution in [0.3, 0.4) is 0 Å². The van der Waals surface area contributed by atoms with Crippen molar-refractivity contribution < 1.29 is 14.6 Å². The topological polar surface area (TPSA) is 70.6 Å². The zero-order chi connectivity index (χ0) is 14.3. The van der Waals surface area contributed by atoms with E-state index in [1.807, 2.05) is 6.92 Å². The normalized spacial score (nSPS) is 20.3. The van der Waals surface area contributed by atoms with E-state index in [4.69, 9.17) is 4.74 Å². The van der Waals surface area contributed by atoms with Crippen molar-refractivity contribution in [1.29, 1.82) is 0 Å². The smallest absolute Gasteiger partial charge is 0.236 e. The van der Waals surface area contributed by atoms with Gasteiger partial charge >= 0.3 is 0 Å². The molecule has 1 heterocycles. The summed E-state index contributed by atoms with van der Waals surface area (Å²) in [6.45, 7) is 8.13. The highest BCUT2D eigenvalue weighted by Crippen LogP contribution is 2.20. The first-order valence-corrected chi connectivity index (χ1v) is 7.23. The summed E-state index contributed by atoms with van der Waals surface area (Å²) < 4.78 is 5.31. The lowest BCUT2D eigenvalue weighted by atomic mass is 9.90. The van der Waals surface area contributed by atoms with Crippen molar-refractivity contribution >= 4 is 5.91 Å². The van der Waals surface area contributed by atoms with Gasteiger partial charge in [-0.2, -0.15) is 0 Å². The van der Waals surface area contributed by atoms with Gasteiger partial charge in [-0.15, -0.1) is 0 Å². The zero-order valence-electron chi connectivity index (χ0n) is 12.4. The SMILES string of the molecule is CC(C)CCNC(=O)C(C)NC1(CO)CCOCC1. The van der Waals surface area contributed by atoms with E-state index in [2.05, 4.69) is 24.5 Å². The first kappa shape index (κ1) is 16.4. The maximum atomic E-state index is 12.0. The van der Waals surface area contributed by atoms with E-state index < -0.39 is 0 Å². The predicted octanol–water partition coefficient (Wildman–Crippen LogP) is 0.668. The second kappa shape index (κ2) is 7.82. The fourth-order valence-corrected chi connectivity index (χ4v) is 2.27. The van der Waals surface area contributed by atoms with Crippen LogP contribution in [0, 0.1) is 5.92 Å². The van der Waals surface area contributed by atoms with Gasteiger partial charge in [0.1, 0.15) is 0 Å². The van der Waals surface area contributed by atoms with Gasteiger partial charge in [0, 0.05) is 25.3 Å². The van der Waals surface area contributed by atoms with Crippen LogP contribution in [-0.4, -0.2) is 49.0 Å². The second-order valence-corrected chi connectivity index (χ2v) is 5.89. The molecule has 1 aliphatic rings. The van der Waals surface area contributed by atoms with Crippen LogP contribution < -0.4 is 10.6 Å². The lowest BCUT2D eigenvalue weighted by molar-refractivity contribution is -0.124. The van der Waals surface area contributed by atoms with E-state index in [9.17, 15) is 9.90 Å². The van der Waals surface area contributed by atoms with Crippen molar-refractivity contribution in [2.45, 2.75) is 51.6 Å². The van der Waals surface area contributed by atoms with Crippen molar-refractivity contribution in [2.75, 3.05) is 26.4 Å². The summed E-state index contributed by atoms with van der Waals surface area (Å²) in [6.07, 6.45) is 2.47. The van der Waals surface area contributed by atoms with Crippen molar-refractivity contribution in [1.82, 2.24) is 10.6 Å². The van der Waals surface area contributed by atoms with E-state index in [1.165, 1.54) is 0 Å². The third-order valence-electron chi connectivity index (χ3n) is 3.69. The highest BCUT2D eigenvalue weighted by atomic mass is 16.5. The van der Waals surface area contributed by atoms with Gasteiger partial charge in [0.05, 0.1) is 12.6 Å². The summed E-state index contributed by atoms with van der Waals surface area (Å²) in [4.78, 5) is 12.0. The van der Waals surface area contributed by atoms with Gasteiger partial charge < -0.3 is 15.2 Å². The first-order valence-electron chi connectivity index (χ1n) is 7.23. The number of hydrogen-bond acceptors (Lipinski definition) is 4. The van der Waals surface area contributed by atoms with Gasteiger partial charge in [-0.25, -0.2) is 0 Å². The highest BCUT2D eigenvalue weighted by Gasteiger charge is 2.34. The molecule has 1 rings (SSSR count). The van der Waals surface area contributed by atoms with Crippen LogP contribution in [0.1, 0.15) is 40.0 Å². The largest absolute Gasteiger partial charge is 0.394 e. The van der Waals surface area contributed by atoms with Crippen molar-refractivity contribution in [3.63, 3.8) is 0 Å². The van der Waals surface area contributed by atoms with Crippen LogP contribution in [0.25, 0.3) is 0 Å².